The van der Waals surface area contributed by atoms with E-state index in [9.17, 15) is 10.2 Å². The molecule has 3 saturated carbocycles. The van der Waals surface area contributed by atoms with Gasteiger partial charge >= 0.3 is 0 Å². The third-order valence-electron chi connectivity index (χ3n) is 9.68. The summed E-state index contributed by atoms with van der Waals surface area (Å²) in [6.07, 6.45) is 14.4. The number of aliphatic hydroxyl groups is 2. The Bertz CT molecular complexity index is 612. The topological polar surface area (TPSA) is 40.5 Å². The third kappa shape index (κ3) is 3.33. The van der Waals surface area contributed by atoms with Crippen molar-refractivity contribution in [2.75, 3.05) is 0 Å². The van der Waals surface area contributed by atoms with Gasteiger partial charge < -0.3 is 10.2 Å². The zero-order valence-electron chi connectivity index (χ0n) is 18.4. The lowest BCUT2D eigenvalue weighted by Gasteiger charge is -2.59. The molecule has 0 radical (unpaired) electrons. The summed E-state index contributed by atoms with van der Waals surface area (Å²) in [6, 6.07) is 0. The Hall–Kier alpha value is -0.340. The van der Waals surface area contributed by atoms with E-state index in [1.807, 2.05) is 20.8 Å². The summed E-state index contributed by atoms with van der Waals surface area (Å²) in [7, 11) is 0. The molecule has 0 bridgehead atoms. The highest BCUT2D eigenvalue weighted by atomic mass is 16.3. The molecular formula is C25H42O2. The first-order chi connectivity index (χ1) is 12.4. The van der Waals surface area contributed by atoms with Gasteiger partial charge in [-0.25, -0.2) is 0 Å². The molecule has 0 heterocycles. The molecule has 27 heavy (non-hydrogen) atoms. The fraction of sp³-hybridized carbons (Fsp3) is 0.920. The second-order valence-corrected chi connectivity index (χ2v) is 12.1. The number of hydrogen-bond donors (Lipinski definition) is 2. The lowest BCUT2D eigenvalue weighted by atomic mass is 9.46. The maximum absolute atomic E-state index is 10.6. The zero-order chi connectivity index (χ0) is 19.7. The van der Waals surface area contributed by atoms with Crippen LogP contribution >= 0.6 is 0 Å². The van der Waals surface area contributed by atoms with E-state index in [1.165, 1.54) is 44.9 Å². The fourth-order valence-corrected chi connectivity index (χ4v) is 7.92. The van der Waals surface area contributed by atoms with Crippen molar-refractivity contribution < 1.29 is 10.2 Å². The van der Waals surface area contributed by atoms with Crippen LogP contribution in [0.3, 0.4) is 0 Å². The molecule has 0 aromatic carbocycles. The van der Waals surface area contributed by atoms with Gasteiger partial charge in [0.05, 0.1) is 11.2 Å². The molecule has 3 fully saturated rings. The summed E-state index contributed by atoms with van der Waals surface area (Å²) < 4.78 is 0. The van der Waals surface area contributed by atoms with Gasteiger partial charge in [0.25, 0.3) is 0 Å². The Labute approximate surface area is 166 Å². The number of allylic oxidation sites excluding steroid dienone is 1. The van der Waals surface area contributed by atoms with E-state index < -0.39 is 11.2 Å². The summed E-state index contributed by atoms with van der Waals surface area (Å²) in [4.78, 5) is 0. The number of fused-ring (bicyclic) bond motifs is 5. The van der Waals surface area contributed by atoms with Gasteiger partial charge in [0, 0.05) is 0 Å². The molecule has 4 aliphatic rings. The molecule has 0 amide bonds. The van der Waals surface area contributed by atoms with Gasteiger partial charge in [-0.3, -0.25) is 0 Å². The molecule has 2 nitrogen and oxygen atoms in total. The van der Waals surface area contributed by atoms with Crippen LogP contribution in [0.5, 0.6) is 0 Å². The Balaban J connectivity index is 1.55. The van der Waals surface area contributed by atoms with Crippen LogP contribution in [0, 0.1) is 34.5 Å². The van der Waals surface area contributed by atoms with Crippen LogP contribution in [0.15, 0.2) is 11.6 Å². The highest BCUT2D eigenvalue weighted by molar-refractivity contribution is 5.26. The molecule has 0 aliphatic heterocycles. The van der Waals surface area contributed by atoms with Crippen molar-refractivity contribution in [3.8, 4) is 0 Å². The molecule has 154 valence electrons. The normalized spacial score (nSPS) is 49.8. The second-order valence-electron chi connectivity index (χ2n) is 12.1. The van der Waals surface area contributed by atoms with Crippen molar-refractivity contribution in [3.63, 3.8) is 0 Å². The van der Waals surface area contributed by atoms with Crippen LogP contribution in [-0.2, 0) is 0 Å². The quantitative estimate of drug-likeness (QED) is 0.607. The molecule has 7 atom stereocenters. The minimum atomic E-state index is -0.527. The zero-order valence-corrected chi connectivity index (χ0v) is 18.4. The summed E-state index contributed by atoms with van der Waals surface area (Å²) in [5.74, 6) is 3.31. The van der Waals surface area contributed by atoms with E-state index in [-0.39, 0.29) is 0 Å². The van der Waals surface area contributed by atoms with Gasteiger partial charge in [0.1, 0.15) is 0 Å². The average molecular weight is 375 g/mol. The predicted molar refractivity (Wildman–Crippen MR) is 111 cm³/mol. The summed E-state index contributed by atoms with van der Waals surface area (Å²) in [5.41, 5.74) is 1.36. The molecule has 0 saturated heterocycles. The summed E-state index contributed by atoms with van der Waals surface area (Å²) in [5, 5.41) is 20.8. The summed E-state index contributed by atoms with van der Waals surface area (Å²) in [6.45, 7) is 11.1. The van der Waals surface area contributed by atoms with E-state index >= 15 is 0 Å². The molecular weight excluding hydrogens is 332 g/mol. The predicted octanol–water partition coefficient (Wildman–Crippen LogP) is 5.87. The number of hydrogen-bond acceptors (Lipinski definition) is 2. The van der Waals surface area contributed by atoms with Crippen LogP contribution < -0.4 is 0 Å². The lowest BCUT2D eigenvalue weighted by Crippen LogP contribution is -2.51. The SMILES string of the molecule is CC(C)(O)CC[C@H]1CCC2C3CC=C4C[C@@](C)(O)CC[C@]4(C)C3CC[C@@]21C. The fourth-order valence-electron chi connectivity index (χ4n) is 7.92. The minimum Gasteiger partial charge on any atom is -0.390 e. The molecule has 4 rings (SSSR count). The van der Waals surface area contributed by atoms with Crippen LogP contribution in [0.4, 0.5) is 0 Å². The van der Waals surface area contributed by atoms with Crippen LogP contribution in [0.2, 0.25) is 0 Å². The van der Waals surface area contributed by atoms with Gasteiger partial charge in [-0.15, -0.1) is 0 Å². The maximum atomic E-state index is 10.6. The highest BCUT2D eigenvalue weighted by Gasteiger charge is 2.58. The average Bonchev–Trinajstić information content (AvgIpc) is 2.89. The molecule has 0 aromatic rings. The van der Waals surface area contributed by atoms with E-state index in [1.54, 1.807) is 5.57 Å². The van der Waals surface area contributed by atoms with E-state index in [2.05, 4.69) is 19.9 Å². The molecule has 0 spiro atoms. The Kier molecular flexibility index (Phi) is 4.68. The van der Waals surface area contributed by atoms with Crippen molar-refractivity contribution in [2.45, 2.75) is 110 Å². The Morgan fingerprint density at radius 2 is 1.78 bits per heavy atom. The second kappa shape index (κ2) is 6.33. The first kappa shape index (κ1) is 20.0. The van der Waals surface area contributed by atoms with E-state index in [0.717, 1.165) is 42.9 Å². The molecule has 2 heteroatoms. The van der Waals surface area contributed by atoms with E-state index in [4.69, 9.17) is 0 Å². The lowest BCUT2D eigenvalue weighted by molar-refractivity contribution is -0.0677. The van der Waals surface area contributed by atoms with Crippen LogP contribution in [-0.4, -0.2) is 21.4 Å². The van der Waals surface area contributed by atoms with Crippen molar-refractivity contribution in [1.82, 2.24) is 0 Å². The van der Waals surface area contributed by atoms with Crippen LogP contribution in [0.1, 0.15) is 98.8 Å². The first-order valence-electron chi connectivity index (χ1n) is 11.6. The van der Waals surface area contributed by atoms with Gasteiger partial charge in [-0.05, 0) is 119 Å². The van der Waals surface area contributed by atoms with Gasteiger partial charge in [0.15, 0.2) is 0 Å². The van der Waals surface area contributed by atoms with Gasteiger partial charge in [-0.1, -0.05) is 25.5 Å². The largest absolute Gasteiger partial charge is 0.390 e. The monoisotopic (exact) mass is 374 g/mol. The first-order valence-corrected chi connectivity index (χ1v) is 11.6. The van der Waals surface area contributed by atoms with Gasteiger partial charge in [-0.2, -0.15) is 0 Å². The van der Waals surface area contributed by atoms with Crippen LogP contribution in [0.25, 0.3) is 0 Å². The Morgan fingerprint density at radius 1 is 1.04 bits per heavy atom. The van der Waals surface area contributed by atoms with Crippen molar-refractivity contribution in [2.24, 2.45) is 34.5 Å². The molecule has 2 N–H and O–H groups in total. The van der Waals surface area contributed by atoms with Gasteiger partial charge in [0.2, 0.25) is 0 Å². The molecule has 4 aliphatic carbocycles. The smallest absolute Gasteiger partial charge is 0.0657 e. The number of rotatable bonds is 3. The summed E-state index contributed by atoms with van der Waals surface area (Å²) >= 11 is 0. The van der Waals surface area contributed by atoms with Crippen molar-refractivity contribution in [3.05, 3.63) is 11.6 Å². The van der Waals surface area contributed by atoms with Crippen molar-refractivity contribution >= 4 is 0 Å². The highest BCUT2D eigenvalue weighted by Crippen LogP contribution is 2.67. The standard InChI is InChI=1S/C25H42O2/c1-22(2,26)12-10-17-7-9-20-19-8-6-18-16-23(3,27)14-15-25(18,5)21(19)11-13-24(17,20)4/h6,17,19-21,26-27H,7-16H2,1-5H3/t17-,19?,20?,21?,23+,24-,25+/m1/s1. The Morgan fingerprint density at radius 3 is 2.48 bits per heavy atom. The molecule has 0 aromatic heterocycles. The minimum absolute atomic E-state index is 0.331. The maximum Gasteiger partial charge on any atom is 0.0657 e. The third-order valence-corrected chi connectivity index (χ3v) is 9.68. The van der Waals surface area contributed by atoms with E-state index in [0.29, 0.717) is 10.8 Å². The molecule has 3 unspecified atom stereocenters. The van der Waals surface area contributed by atoms with Crippen molar-refractivity contribution in [1.29, 1.82) is 0 Å².